The van der Waals surface area contributed by atoms with Gasteiger partial charge in [0.2, 0.25) is 0 Å². The second-order valence-corrected chi connectivity index (χ2v) is 8.50. The quantitative estimate of drug-likeness (QED) is 0.0724. The van der Waals surface area contributed by atoms with E-state index in [1.165, 1.54) is 38.7 Å². The molecule has 11 heteroatoms. The average molecular weight is 555 g/mol. The van der Waals surface area contributed by atoms with E-state index in [2.05, 4.69) is 10.3 Å². The van der Waals surface area contributed by atoms with Crippen molar-refractivity contribution < 1.29 is 41.5 Å². The first-order valence-corrected chi connectivity index (χ1v) is 12.0. The fourth-order valence-electron chi connectivity index (χ4n) is 3.95. The number of fused-ring (bicyclic) bond motifs is 1. The summed E-state index contributed by atoms with van der Waals surface area (Å²) < 4.78 is 60.6. The van der Waals surface area contributed by atoms with E-state index >= 15 is 0 Å². The minimum Gasteiger partial charge on any atom is -0.503 e. The van der Waals surface area contributed by atoms with Gasteiger partial charge in [-0.25, -0.2) is 4.79 Å². The lowest BCUT2D eigenvalue weighted by molar-refractivity contribution is -0.138. The summed E-state index contributed by atoms with van der Waals surface area (Å²) in [5.74, 6) is -0.240. The minimum absolute atomic E-state index is 0.0199. The molecule has 1 aromatic heterocycles. The first-order valence-electron chi connectivity index (χ1n) is 12.0. The van der Waals surface area contributed by atoms with Crippen LogP contribution in [0, 0.1) is 0 Å². The van der Waals surface area contributed by atoms with Crippen LogP contribution in [-0.4, -0.2) is 31.1 Å². The summed E-state index contributed by atoms with van der Waals surface area (Å²) in [5, 5.41) is 8.81. The highest BCUT2D eigenvalue weighted by molar-refractivity contribution is 6.16. The number of halogens is 3. The molecule has 208 valence electrons. The van der Waals surface area contributed by atoms with Gasteiger partial charge in [0.25, 0.3) is 0 Å². The Morgan fingerprint density at radius 1 is 1.00 bits per heavy atom. The third kappa shape index (κ3) is 6.42. The number of benzene rings is 3. The topological polar surface area (TPSA) is 92.4 Å². The molecule has 0 unspecified atom stereocenters. The van der Waals surface area contributed by atoms with Gasteiger partial charge in [0.15, 0.2) is 5.58 Å². The van der Waals surface area contributed by atoms with E-state index in [1.807, 2.05) is 0 Å². The van der Waals surface area contributed by atoms with Crippen molar-refractivity contribution in [2.75, 3.05) is 14.2 Å². The highest BCUT2D eigenvalue weighted by Crippen LogP contribution is 2.33. The van der Waals surface area contributed by atoms with Crippen molar-refractivity contribution in [2.24, 2.45) is 5.16 Å². The van der Waals surface area contributed by atoms with Crippen LogP contribution in [0.25, 0.3) is 16.5 Å². The third-order valence-corrected chi connectivity index (χ3v) is 5.87. The highest BCUT2D eigenvalue weighted by Gasteiger charge is 2.33. The van der Waals surface area contributed by atoms with Crippen LogP contribution in [0.3, 0.4) is 0 Å². The molecular weight excluding hydrogens is 529 g/mol. The number of alkyl halides is 3. The van der Waals surface area contributed by atoms with E-state index in [0.717, 1.165) is 6.07 Å². The molecule has 40 heavy (non-hydrogen) atoms. The smallest absolute Gasteiger partial charge is 0.416 e. The van der Waals surface area contributed by atoms with Crippen LogP contribution < -0.4 is 4.74 Å². The number of aromatic nitrogens is 1. The molecule has 8 nitrogen and oxygen atoms in total. The Balaban J connectivity index is 1.47. The van der Waals surface area contributed by atoms with Gasteiger partial charge in [0.1, 0.15) is 35.9 Å². The van der Waals surface area contributed by atoms with Gasteiger partial charge in [-0.2, -0.15) is 13.2 Å². The Labute approximate surface area is 227 Å². The van der Waals surface area contributed by atoms with Crippen LogP contribution in [0.1, 0.15) is 34.9 Å². The van der Waals surface area contributed by atoms with Gasteiger partial charge < -0.3 is 23.6 Å². The molecule has 0 amide bonds. The second kappa shape index (κ2) is 12.4. The van der Waals surface area contributed by atoms with E-state index < -0.39 is 17.7 Å². The Kier molecular flexibility index (Phi) is 8.73. The molecule has 1 heterocycles. The first-order chi connectivity index (χ1) is 19.2. The maximum atomic E-state index is 13.3. The normalized spacial score (nSPS) is 12.3. The van der Waals surface area contributed by atoms with Gasteiger partial charge in [0.05, 0.1) is 31.4 Å². The summed E-state index contributed by atoms with van der Waals surface area (Å²) in [7, 11) is 2.71. The number of nitrogens with zero attached hydrogens (tertiary/aromatic N) is 2. The summed E-state index contributed by atoms with van der Waals surface area (Å²) in [5.41, 5.74) is 1.95. The van der Waals surface area contributed by atoms with Crippen molar-refractivity contribution in [3.05, 3.63) is 101 Å². The zero-order chi connectivity index (χ0) is 28.7. The molecule has 0 spiro atoms. The molecule has 4 aromatic rings. The minimum atomic E-state index is -4.48. The fraction of sp³-hybridized carbons (Fsp3) is 0.207. The molecule has 0 saturated carbocycles. The predicted octanol–water partition coefficient (Wildman–Crippen LogP) is 6.53. The van der Waals surface area contributed by atoms with E-state index in [4.69, 9.17) is 23.6 Å². The lowest BCUT2D eigenvalue weighted by Crippen LogP contribution is -2.10. The Morgan fingerprint density at radius 2 is 1.73 bits per heavy atom. The fourth-order valence-corrected chi connectivity index (χ4v) is 3.95. The number of esters is 1. The maximum absolute atomic E-state index is 13.3. The summed E-state index contributed by atoms with van der Waals surface area (Å²) in [6.07, 6.45) is -3.18. The number of carbonyl (C=O) groups is 1. The van der Waals surface area contributed by atoms with E-state index in [0.29, 0.717) is 39.3 Å². The van der Waals surface area contributed by atoms with Crippen molar-refractivity contribution in [3.63, 3.8) is 0 Å². The third-order valence-electron chi connectivity index (χ3n) is 5.87. The lowest BCUT2D eigenvalue weighted by atomic mass is 10.0. The molecular formula is C29H25F3N2O6. The van der Waals surface area contributed by atoms with Crippen LogP contribution in [0.2, 0.25) is 0 Å². The summed E-state index contributed by atoms with van der Waals surface area (Å²) >= 11 is 0. The van der Waals surface area contributed by atoms with Gasteiger partial charge in [-0.15, -0.1) is 0 Å². The molecule has 0 aliphatic carbocycles. The molecule has 0 aliphatic rings. The SMILES string of the molecule is COC=C(C(=O)OC)c1ccccc1CON=C(C)c1noc2cc(OCc3ccccc3C(F)(F)F)ccc12. The molecule has 0 bridgehead atoms. The number of hydrogen-bond donors (Lipinski definition) is 0. The van der Waals surface area contributed by atoms with Crippen molar-refractivity contribution in [2.45, 2.75) is 26.3 Å². The number of methoxy groups -OCH3 is 2. The Morgan fingerprint density at radius 3 is 2.45 bits per heavy atom. The monoisotopic (exact) mass is 554 g/mol. The molecule has 0 aliphatic heterocycles. The first kappa shape index (κ1) is 28.2. The van der Waals surface area contributed by atoms with Gasteiger partial charge >= 0.3 is 12.1 Å². The largest absolute Gasteiger partial charge is 0.503 e. The standard InChI is InChI=1S/C29H25F3N2O6/c1-18(33-39-16-19-8-4-6-10-22(19)24(17-36-2)28(35)37-3)27-23-13-12-21(14-26(23)40-34-27)38-15-20-9-5-7-11-25(20)29(30,31)32/h4-14,17H,15-16H2,1-3H3. The summed E-state index contributed by atoms with van der Waals surface area (Å²) in [4.78, 5) is 17.8. The van der Waals surface area contributed by atoms with Crippen molar-refractivity contribution >= 4 is 28.2 Å². The molecule has 0 N–H and O–H groups in total. The molecule has 0 atom stereocenters. The Bertz CT molecular complexity index is 1560. The van der Waals surface area contributed by atoms with Crippen LogP contribution in [0.4, 0.5) is 13.2 Å². The van der Waals surface area contributed by atoms with Crippen LogP contribution in [-0.2, 0) is 38.5 Å². The number of rotatable bonds is 10. The lowest BCUT2D eigenvalue weighted by Gasteiger charge is -2.13. The molecule has 0 saturated heterocycles. The number of ether oxygens (including phenoxy) is 3. The molecule has 0 fully saturated rings. The average Bonchev–Trinajstić information content (AvgIpc) is 3.38. The zero-order valence-corrected chi connectivity index (χ0v) is 21.8. The number of carbonyl (C=O) groups excluding carboxylic acids is 1. The van der Waals surface area contributed by atoms with Crippen molar-refractivity contribution in [1.29, 1.82) is 0 Å². The van der Waals surface area contributed by atoms with Crippen LogP contribution >= 0.6 is 0 Å². The highest BCUT2D eigenvalue weighted by atomic mass is 19.4. The molecule has 3 aromatic carbocycles. The maximum Gasteiger partial charge on any atom is 0.416 e. The van der Waals surface area contributed by atoms with E-state index in [9.17, 15) is 18.0 Å². The van der Waals surface area contributed by atoms with Crippen molar-refractivity contribution in [3.8, 4) is 5.75 Å². The predicted molar refractivity (Wildman–Crippen MR) is 140 cm³/mol. The van der Waals surface area contributed by atoms with E-state index in [-0.39, 0.29) is 24.4 Å². The van der Waals surface area contributed by atoms with Gasteiger partial charge in [-0.05, 0) is 30.7 Å². The van der Waals surface area contributed by atoms with E-state index in [1.54, 1.807) is 49.4 Å². The Hall–Kier alpha value is -4.80. The molecule has 0 radical (unpaired) electrons. The van der Waals surface area contributed by atoms with Crippen LogP contribution in [0.15, 0.2) is 82.7 Å². The van der Waals surface area contributed by atoms with Crippen molar-refractivity contribution in [1.82, 2.24) is 5.16 Å². The number of hydrogen-bond acceptors (Lipinski definition) is 8. The summed E-state index contributed by atoms with van der Waals surface area (Å²) in [6, 6.07) is 17.2. The number of oxime groups is 1. The summed E-state index contributed by atoms with van der Waals surface area (Å²) in [6.45, 7) is 1.46. The van der Waals surface area contributed by atoms with Crippen LogP contribution in [0.5, 0.6) is 5.75 Å². The van der Waals surface area contributed by atoms with Gasteiger partial charge in [0, 0.05) is 17.2 Å². The molecule has 4 rings (SSSR count). The second-order valence-electron chi connectivity index (χ2n) is 8.50. The van der Waals surface area contributed by atoms with Gasteiger partial charge in [-0.1, -0.05) is 52.8 Å². The zero-order valence-electron chi connectivity index (χ0n) is 21.8. The van der Waals surface area contributed by atoms with Gasteiger partial charge in [-0.3, -0.25) is 0 Å².